The van der Waals surface area contributed by atoms with Crippen LogP contribution in [0.2, 0.25) is 0 Å². The van der Waals surface area contributed by atoms with Crippen LogP contribution in [-0.4, -0.2) is 59.0 Å². The zero-order valence-electron chi connectivity index (χ0n) is 14.5. The Labute approximate surface area is 149 Å². The second kappa shape index (κ2) is 8.05. The Morgan fingerprint density at radius 3 is 2.54 bits per heavy atom. The lowest BCUT2D eigenvalue weighted by molar-refractivity contribution is -0.274. The molecule has 1 aromatic heterocycles. The number of aromatic nitrogens is 2. The molecule has 0 saturated carbocycles. The van der Waals surface area contributed by atoms with Crippen molar-refractivity contribution < 1.29 is 22.4 Å². The molecular formula is C17H21F3N4O2. The van der Waals surface area contributed by atoms with Crippen molar-refractivity contribution in [3.05, 3.63) is 41.5 Å². The zero-order valence-corrected chi connectivity index (χ0v) is 14.5. The molecule has 1 saturated heterocycles. The van der Waals surface area contributed by atoms with Gasteiger partial charge in [0.2, 0.25) is 5.89 Å². The van der Waals surface area contributed by atoms with Gasteiger partial charge in [0.1, 0.15) is 5.75 Å². The molecule has 0 bridgehead atoms. The number of rotatable bonds is 6. The molecule has 2 heterocycles. The zero-order chi connectivity index (χ0) is 18.6. The van der Waals surface area contributed by atoms with Crippen LogP contribution in [0, 0.1) is 6.92 Å². The number of piperazine rings is 1. The Bertz CT molecular complexity index is 712. The normalized spacial score (nSPS) is 16.8. The summed E-state index contributed by atoms with van der Waals surface area (Å²) in [5.74, 6) is 1.09. The second-order valence-electron chi connectivity index (χ2n) is 6.30. The molecule has 0 radical (unpaired) electrons. The molecule has 1 fully saturated rings. The molecule has 0 N–H and O–H groups in total. The Morgan fingerprint density at radius 2 is 1.88 bits per heavy atom. The van der Waals surface area contributed by atoms with Crippen LogP contribution >= 0.6 is 0 Å². The molecule has 9 heteroatoms. The average molecular weight is 370 g/mol. The van der Waals surface area contributed by atoms with Crippen molar-refractivity contribution in [1.29, 1.82) is 0 Å². The van der Waals surface area contributed by atoms with Crippen molar-refractivity contribution in [3.8, 4) is 5.75 Å². The van der Waals surface area contributed by atoms with Gasteiger partial charge in [-0.15, -0.1) is 13.2 Å². The first-order chi connectivity index (χ1) is 12.4. The summed E-state index contributed by atoms with van der Waals surface area (Å²) in [6.07, 6.45) is -3.98. The van der Waals surface area contributed by atoms with E-state index in [1.165, 1.54) is 12.1 Å². The molecule has 1 aliphatic heterocycles. The van der Waals surface area contributed by atoms with Crippen molar-refractivity contribution >= 4 is 0 Å². The molecule has 26 heavy (non-hydrogen) atoms. The fraction of sp³-hybridized carbons (Fsp3) is 0.529. The summed E-state index contributed by atoms with van der Waals surface area (Å²) in [5.41, 5.74) is 0.829. The number of hydrogen-bond acceptors (Lipinski definition) is 6. The fourth-order valence-electron chi connectivity index (χ4n) is 2.95. The third kappa shape index (κ3) is 5.70. The maximum atomic E-state index is 12.3. The smallest absolute Gasteiger partial charge is 0.406 e. The predicted molar refractivity (Wildman–Crippen MR) is 87.6 cm³/mol. The summed E-state index contributed by atoms with van der Waals surface area (Å²) in [5, 5.41) is 3.79. The molecule has 0 amide bonds. The lowest BCUT2D eigenvalue weighted by atomic mass is 10.1. The predicted octanol–water partition coefficient (Wildman–Crippen LogP) is 2.64. The van der Waals surface area contributed by atoms with E-state index in [0.717, 1.165) is 38.3 Å². The molecule has 2 aromatic rings. The Hall–Kier alpha value is -2.13. The monoisotopic (exact) mass is 370 g/mol. The van der Waals surface area contributed by atoms with Crippen LogP contribution in [0.4, 0.5) is 13.2 Å². The summed E-state index contributed by atoms with van der Waals surface area (Å²) in [4.78, 5) is 8.76. The van der Waals surface area contributed by atoms with E-state index < -0.39 is 6.36 Å². The molecule has 0 spiro atoms. The van der Waals surface area contributed by atoms with Crippen LogP contribution in [-0.2, 0) is 13.0 Å². The van der Waals surface area contributed by atoms with Crippen LogP contribution in [0.25, 0.3) is 0 Å². The van der Waals surface area contributed by atoms with Crippen molar-refractivity contribution in [2.75, 3.05) is 32.7 Å². The minimum atomic E-state index is -4.66. The van der Waals surface area contributed by atoms with E-state index in [2.05, 4.69) is 24.7 Å². The van der Waals surface area contributed by atoms with Gasteiger partial charge in [0.15, 0.2) is 5.82 Å². The summed E-state index contributed by atoms with van der Waals surface area (Å²) in [6.45, 7) is 6.79. The third-order valence-corrected chi connectivity index (χ3v) is 4.24. The summed E-state index contributed by atoms with van der Waals surface area (Å²) < 4.78 is 46.0. The lowest BCUT2D eigenvalue weighted by Crippen LogP contribution is -2.46. The summed E-state index contributed by atoms with van der Waals surface area (Å²) >= 11 is 0. The van der Waals surface area contributed by atoms with E-state index in [9.17, 15) is 13.2 Å². The van der Waals surface area contributed by atoms with E-state index >= 15 is 0 Å². The molecule has 0 unspecified atom stereocenters. The molecule has 1 aliphatic rings. The standard InChI is InChI=1S/C17H21F3N4O2/c1-13-21-16(26-22-13)12-24-9-7-23(8-10-24)6-5-14-3-2-4-15(11-14)25-17(18,19)20/h2-4,11H,5-10,12H2,1H3. The number of hydrogen-bond donors (Lipinski definition) is 0. The molecular weight excluding hydrogens is 349 g/mol. The van der Waals surface area contributed by atoms with Crippen molar-refractivity contribution in [1.82, 2.24) is 19.9 Å². The highest BCUT2D eigenvalue weighted by atomic mass is 19.4. The minimum absolute atomic E-state index is 0.172. The lowest BCUT2D eigenvalue weighted by Gasteiger charge is -2.33. The number of nitrogens with zero attached hydrogens (tertiary/aromatic N) is 4. The average Bonchev–Trinajstić information content (AvgIpc) is 2.98. The van der Waals surface area contributed by atoms with Gasteiger partial charge in [0.25, 0.3) is 0 Å². The Balaban J connectivity index is 1.43. The van der Waals surface area contributed by atoms with Crippen molar-refractivity contribution in [2.24, 2.45) is 0 Å². The molecule has 142 valence electrons. The number of aryl methyl sites for hydroxylation is 1. The molecule has 0 aliphatic carbocycles. The van der Waals surface area contributed by atoms with Gasteiger partial charge in [-0.25, -0.2) is 0 Å². The molecule has 3 rings (SSSR count). The van der Waals surface area contributed by atoms with E-state index in [0.29, 0.717) is 24.7 Å². The van der Waals surface area contributed by atoms with Crippen molar-refractivity contribution in [2.45, 2.75) is 26.3 Å². The number of ether oxygens (including phenoxy) is 1. The van der Waals surface area contributed by atoms with Gasteiger partial charge < -0.3 is 14.2 Å². The van der Waals surface area contributed by atoms with Gasteiger partial charge in [-0.3, -0.25) is 4.90 Å². The first kappa shape index (κ1) is 18.7. The van der Waals surface area contributed by atoms with Crippen LogP contribution in [0.3, 0.4) is 0 Å². The topological polar surface area (TPSA) is 54.6 Å². The highest BCUT2D eigenvalue weighted by Crippen LogP contribution is 2.23. The summed E-state index contributed by atoms with van der Waals surface area (Å²) in [7, 11) is 0. The number of halogens is 3. The van der Waals surface area contributed by atoms with Crippen LogP contribution in [0.1, 0.15) is 17.3 Å². The highest BCUT2D eigenvalue weighted by molar-refractivity contribution is 5.28. The fourth-order valence-corrected chi connectivity index (χ4v) is 2.95. The van der Waals surface area contributed by atoms with Gasteiger partial charge in [-0.2, -0.15) is 4.98 Å². The van der Waals surface area contributed by atoms with Gasteiger partial charge in [-0.05, 0) is 31.0 Å². The maximum absolute atomic E-state index is 12.3. The van der Waals surface area contributed by atoms with E-state index in [1.807, 2.05) is 6.07 Å². The Kier molecular flexibility index (Phi) is 5.77. The first-order valence-electron chi connectivity index (χ1n) is 8.46. The third-order valence-electron chi connectivity index (χ3n) is 4.24. The Morgan fingerprint density at radius 1 is 1.15 bits per heavy atom. The van der Waals surface area contributed by atoms with Gasteiger partial charge >= 0.3 is 6.36 Å². The minimum Gasteiger partial charge on any atom is -0.406 e. The van der Waals surface area contributed by atoms with Gasteiger partial charge in [0.05, 0.1) is 6.54 Å². The molecule has 0 atom stereocenters. The quantitative estimate of drug-likeness (QED) is 0.779. The number of benzene rings is 1. The second-order valence-corrected chi connectivity index (χ2v) is 6.30. The SMILES string of the molecule is Cc1noc(CN2CCN(CCc3cccc(OC(F)(F)F)c3)CC2)n1. The van der Waals surface area contributed by atoms with Crippen LogP contribution < -0.4 is 4.74 Å². The first-order valence-corrected chi connectivity index (χ1v) is 8.46. The highest BCUT2D eigenvalue weighted by Gasteiger charge is 2.31. The van der Waals surface area contributed by atoms with Crippen molar-refractivity contribution in [3.63, 3.8) is 0 Å². The van der Waals surface area contributed by atoms with Crippen LogP contribution in [0.5, 0.6) is 5.75 Å². The molecule has 6 nitrogen and oxygen atoms in total. The summed E-state index contributed by atoms with van der Waals surface area (Å²) in [6, 6.07) is 6.16. The van der Waals surface area contributed by atoms with E-state index in [4.69, 9.17) is 4.52 Å². The van der Waals surface area contributed by atoms with E-state index in [1.54, 1.807) is 13.0 Å². The molecule has 1 aromatic carbocycles. The van der Waals surface area contributed by atoms with E-state index in [-0.39, 0.29) is 5.75 Å². The largest absolute Gasteiger partial charge is 0.573 e. The van der Waals surface area contributed by atoms with Gasteiger partial charge in [0, 0.05) is 32.7 Å². The van der Waals surface area contributed by atoms with Gasteiger partial charge in [-0.1, -0.05) is 17.3 Å². The number of alkyl halides is 3. The maximum Gasteiger partial charge on any atom is 0.573 e. The van der Waals surface area contributed by atoms with Crippen LogP contribution in [0.15, 0.2) is 28.8 Å².